The van der Waals surface area contributed by atoms with Gasteiger partial charge in [-0.1, -0.05) is 6.07 Å². The van der Waals surface area contributed by atoms with Crippen molar-refractivity contribution in [2.24, 2.45) is 5.92 Å². The Balaban J connectivity index is 1.47. The van der Waals surface area contributed by atoms with Gasteiger partial charge in [-0.15, -0.1) is 0 Å². The van der Waals surface area contributed by atoms with E-state index in [4.69, 9.17) is 9.97 Å². The average Bonchev–Trinajstić information content (AvgIpc) is 3.65. The van der Waals surface area contributed by atoms with Gasteiger partial charge in [0.05, 0.1) is 5.69 Å². The lowest BCUT2D eigenvalue weighted by Gasteiger charge is -2.32. The van der Waals surface area contributed by atoms with Crippen LogP contribution in [0.1, 0.15) is 37.4 Å². The average molecular weight is 417 g/mol. The molecule has 1 atom stereocenters. The number of carbonyl (C=O) groups is 1. The zero-order chi connectivity index (χ0) is 21.2. The first-order chi connectivity index (χ1) is 15.2. The smallest absolute Gasteiger partial charge is 0.225 e. The Kier molecular flexibility index (Phi) is 5.32. The molecule has 2 fully saturated rings. The predicted molar refractivity (Wildman–Crippen MR) is 116 cm³/mol. The standard InChI is InChI=1S/C24H24FN5O/c25-19-4-1-5-20(13-19)27-22-14-21(16-8-10-26-11-9-16)28-23(29-22)18-3-2-12-30(15-18)24(31)17-6-7-17/h1,4-5,8-11,13-14,17-18H,2-3,6-7,12,15H2,(H,27,28,29). The van der Waals surface area contributed by atoms with Crippen molar-refractivity contribution in [3.63, 3.8) is 0 Å². The molecule has 0 bridgehead atoms. The molecular formula is C24H24FN5O. The van der Waals surface area contributed by atoms with Gasteiger partial charge in [0.2, 0.25) is 5.91 Å². The number of carbonyl (C=O) groups excluding carboxylic acids is 1. The first-order valence-electron chi connectivity index (χ1n) is 10.8. The number of halogens is 1. The van der Waals surface area contributed by atoms with E-state index in [1.165, 1.54) is 12.1 Å². The molecule has 1 aliphatic carbocycles. The summed E-state index contributed by atoms with van der Waals surface area (Å²) >= 11 is 0. The van der Waals surface area contributed by atoms with E-state index in [9.17, 15) is 9.18 Å². The summed E-state index contributed by atoms with van der Waals surface area (Å²) in [6.07, 6.45) is 7.36. The lowest BCUT2D eigenvalue weighted by molar-refractivity contribution is -0.133. The van der Waals surface area contributed by atoms with E-state index in [1.807, 2.05) is 23.1 Å². The summed E-state index contributed by atoms with van der Waals surface area (Å²) < 4.78 is 13.7. The number of hydrogen-bond donors (Lipinski definition) is 1. The molecule has 1 aromatic carbocycles. The highest BCUT2D eigenvalue weighted by atomic mass is 19.1. The van der Waals surface area contributed by atoms with Crippen molar-refractivity contribution in [1.82, 2.24) is 19.9 Å². The third kappa shape index (κ3) is 4.55. The molecule has 1 N–H and O–H groups in total. The maximum atomic E-state index is 13.7. The van der Waals surface area contributed by atoms with Crippen LogP contribution in [-0.2, 0) is 4.79 Å². The maximum Gasteiger partial charge on any atom is 0.225 e. The minimum absolute atomic E-state index is 0.0753. The molecule has 2 aliphatic rings. The van der Waals surface area contributed by atoms with Crippen LogP contribution in [0.25, 0.3) is 11.3 Å². The molecule has 3 aromatic rings. The molecule has 6 nitrogen and oxygen atoms in total. The van der Waals surface area contributed by atoms with Crippen molar-refractivity contribution in [3.05, 3.63) is 66.5 Å². The first-order valence-corrected chi connectivity index (χ1v) is 10.8. The van der Waals surface area contributed by atoms with Crippen molar-refractivity contribution >= 4 is 17.4 Å². The van der Waals surface area contributed by atoms with Crippen LogP contribution in [0.3, 0.4) is 0 Å². The number of amides is 1. The molecule has 1 saturated carbocycles. The molecular weight excluding hydrogens is 393 g/mol. The van der Waals surface area contributed by atoms with E-state index in [-0.39, 0.29) is 23.6 Å². The number of pyridine rings is 1. The monoisotopic (exact) mass is 417 g/mol. The van der Waals surface area contributed by atoms with Crippen LogP contribution in [0.2, 0.25) is 0 Å². The number of anilines is 2. The molecule has 1 aliphatic heterocycles. The van der Waals surface area contributed by atoms with E-state index in [0.717, 1.165) is 43.5 Å². The Bertz CT molecular complexity index is 1090. The zero-order valence-electron chi connectivity index (χ0n) is 17.2. The Morgan fingerprint density at radius 2 is 1.90 bits per heavy atom. The normalized spacial score (nSPS) is 18.6. The van der Waals surface area contributed by atoms with Gasteiger partial charge in [-0.25, -0.2) is 14.4 Å². The fourth-order valence-electron chi connectivity index (χ4n) is 4.07. The third-order valence-corrected chi connectivity index (χ3v) is 5.84. The molecule has 1 amide bonds. The Hall–Kier alpha value is -3.35. The quantitative estimate of drug-likeness (QED) is 0.660. The van der Waals surface area contributed by atoms with Gasteiger partial charge >= 0.3 is 0 Å². The summed E-state index contributed by atoms with van der Waals surface area (Å²) in [5.41, 5.74) is 2.33. The fourth-order valence-corrected chi connectivity index (χ4v) is 4.07. The van der Waals surface area contributed by atoms with Crippen LogP contribution < -0.4 is 5.32 Å². The number of benzene rings is 1. The Morgan fingerprint density at radius 3 is 2.68 bits per heavy atom. The minimum Gasteiger partial charge on any atom is -0.342 e. The van der Waals surface area contributed by atoms with Crippen molar-refractivity contribution in [2.75, 3.05) is 18.4 Å². The summed E-state index contributed by atoms with van der Waals surface area (Å²) in [7, 11) is 0. The number of hydrogen-bond acceptors (Lipinski definition) is 5. The number of likely N-dealkylation sites (tertiary alicyclic amines) is 1. The van der Waals surface area contributed by atoms with Crippen LogP contribution in [0.15, 0.2) is 54.9 Å². The predicted octanol–water partition coefficient (Wildman–Crippen LogP) is 4.54. The van der Waals surface area contributed by atoms with Crippen molar-refractivity contribution in [2.45, 2.75) is 31.6 Å². The summed E-state index contributed by atoms with van der Waals surface area (Å²) in [6.45, 7) is 1.46. The van der Waals surface area contributed by atoms with Crippen molar-refractivity contribution in [3.8, 4) is 11.3 Å². The summed E-state index contributed by atoms with van der Waals surface area (Å²) in [4.78, 5) is 28.3. The molecule has 1 saturated heterocycles. The van der Waals surface area contributed by atoms with Crippen LogP contribution in [0.4, 0.5) is 15.9 Å². The third-order valence-electron chi connectivity index (χ3n) is 5.84. The summed E-state index contributed by atoms with van der Waals surface area (Å²) in [5.74, 6) is 1.57. The van der Waals surface area contributed by atoms with Crippen molar-refractivity contribution < 1.29 is 9.18 Å². The first kappa shape index (κ1) is 19.6. The lowest BCUT2D eigenvalue weighted by Crippen LogP contribution is -2.40. The van der Waals surface area contributed by atoms with Gasteiger partial charge in [-0.05, 0) is 56.0 Å². The molecule has 7 heteroatoms. The van der Waals surface area contributed by atoms with Gasteiger partial charge < -0.3 is 10.2 Å². The van der Waals surface area contributed by atoms with E-state index in [1.54, 1.807) is 24.5 Å². The highest BCUT2D eigenvalue weighted by Gasteiger charge is 2.36. The topological polar surface area (TPSA) is 71.0 Å². The van der Waals surface area contributed by atoms with E-state index in [2.05, 4.69) is 10.3 Å². The Morgan fingerprint density at radius 1 is 1.06 bits per heavy atom. The second kappa shape index (κ2) is 8.41. The summed E-state index contributed by atoms with van der Waals surface area (Å²) in [6, 6.07) is 12.0. The van der Waals surface area contributed by atoms with Gasteiger partial charge in [-0.2, -0.15) is 0 Å². The zero-order valence-corrected chi connectivity index (χ0v) is 17.2. The lowest BCUT2D eigenvalue weighted by atomic mass is 9.96. The number of aromatic nitrogens is 3. The molecule has 31 heavy (non-hydrogen) atoms. The highest BCUT2D eigenvalue weighted by molar-refractivity contribution is 5.81. The van der Waals surface area contributed by atoms with Gasteiger partial charge in [0.15, 0.2) is 0 Å². The van der Waals surface area contributed by atoms with Crippen LogP contribution >= 0.6 is 0 Å². The second-order valence-corrected chi connectivity index (χ2v) is 8.27. The van der Waals surface area contributed by atoms with Gasteiger partial charge in [0.1, 0.15) is 17.5 Å². The molecule has 0 spiro atoms. The van der Waals surface area contributed by atoms with Crippen molar-refractivity contribution in [1.29, 1.82) is 0 Å². The number of rotatable bonds is 5. The number of nitrogens with one attached hydrogen (secondary N) is 1. The molecule has 2 aromatic heterocycles. The summed E-state index contributed by atoms with van der Waals surface area (Å²) in [5, 5.41) is 3.21. The SMILES string of the molecule is O=C(C1CC1)N1CCCC(c2nc(Nc3cccc(F)c3)cc(-c3ccncc3)n2)C1. The van der Waals surface area contributed by atoms with E-state index in [0.29, 0.717) is 23.9 Å². The van der Waals surface area contributed by atoms with Crippen LogP contribution in [0.5, 0.6) is 0 Å². The molecule has 0 radical (unpaired) electrons. The number of nitrogens with zero attached hydrogens (tertiary/aromatic N) is 4. The Labute approximate surface area is 180 Å². The largest absolute Gasteiger partial charge is 0.342 e. The maximum absolute atomic E-state index is 13.7. The molecule has 5 rings (SSSR count). The second-order valence-electron chi connectivity index (χ2n) is 8.27. The van der Waals surface area contributed by atoms with E-state index < -0.39 is 0 Å². The van der Waals surface area contributed by atoms with Gasteiger partial charge in [-0.3, -0.25) is 9.78 Å². The van der Waals surface area contributed by atoms with Crippen LogP contribution in [0, 0.1) is 11.7 Å². The van der Waals surface area contributed by atoms with Crippen LogP contribution in [-0.4, -0.2) is 38.8 Å². The molecule has 1 unspecified atom stereocenters. The fraction of sp³-hybridized carbons (Fsp3) is 0.333. The minimum atomic E-state index is -0.310. The molecule has 3 heterocycles. The highest BCUT2D eigenvalue weighted by Crippen LogP contribution is 2.34. The molecule has 158 valence electrons. The number of piperidine rings is 1. The van der Waals surface area contributed by atoms with Gasteiger partial charge in [0, 0.05) is 54.6 Å². The van der Waals surface area contributed by atoms with Gasteiger partial charge in [0.25, 0.3) is 0 Å². The van der Waals surface area contributed by atoms with E-state index >= 15 is 0 Å².